The summed E-state index contributed by atoms with van der Waals surface area (Å²) in [5.41, 5.74) is 2.72. The Hall–Kier alpha value is 0.0900. The highest BCUT2D eigenvalue weighted by Gasteiger charge is 2.18. The molecule has 1 N–H and O–H groups in total. The van der Waals surface area contributed by atoms with Crippen LogP contribution in [-0.2, 0) is 0 Å². The van der Waals surface area contributed by atoms with Crippen molar-refractivity contribution in [2.24, 2.45) is 0 Å². The molecule has 0 saturated heterocycles. The van der Waals surface area contributed by atoms with Crippen LogP contribution in [0.2, 0.25) is 0 Å². The standard InChI is InChI=1S/C15H17BrINS/c1-3-9-18-15(12-7-8-13(16)19-12)11-6-4-5-10(2)14(11)17/h4-8,15,18H,3,9H2,1-2H3. The minimum atomic E-state index is 0.294. The van der Waals surface area contributed by atoms with Gasteiger partial charge in [-0.25, -0.2) is 0 Å². The normalized spacial score (nSPS) is 12.6. The molecular formula is C15H17BrINS. The quantitative estimate of drug-likeness (QED) is 0.593. The van der Waals surface area contributed by atoms with Gasteiger partial charge in [0.1, 0.15) is 0 Å². The third-order valence-corrected chi connectivity index (χ3v) is 6.17. The molecule has 1 atom stereocenters. The Morgan fingerprint density at radius 3 is 2.74 bits per heavy atom. The van der Waals surface area contributed by atoms with E-state index in [1.807, 2.05) is 0 Å². The topological polar surface area (TPSA) is 12.0 Å². The van der Waals surface area contributed by atoms with Crippen molar-refractivity contribution in [2.45, 2.75) is 26.3 Å². The van der Waals surface area contributed by atoms with Crippen molar-refractivity contribution in [2.75, 3.05) is 6.54 Å². The number of thiophene rings is 1. The Morgan fingerprint density at radius 1 is 1.32 bits per heavy atom. The number of benzene rings is 1. The highest BCUT2D eigenvalue weighted by Crippen LogP contribution is 2.34. The molecule has 1 aromatic carbocycles. The van der Waals surface area contributed by atoms with E-state index >= 15 is 0 Å². The smallest absolute Gasteiger partial charge is 0.0702 e. The van der Waals surface area contributed by atoms with Crippen LogP contribution in [-0.4, -0.2) is 6.54 Å². The second kappa shape index (κ2) is 7.20. The van der Waals surface area contributed by atoms with Gasteiger partial charge >= 0.3 is 0 Å². The van der Waals surface area contributed by atoms with E-state index in [2.05, 4.69) is 88.0 Å². The lowest BCUT2D eigenvalue weighted by Crippen LogP contribution is -2.23. The molecule has 0 fully saturated rings. The van der Waals surface area contributed by atoms with E-state index in [1.54, 1.807) is 11.3 Å². The SMILES string of the molecule is CCCNC(c1ccc(Br)s1)c1cccc(C)c1I. The predicted molar refractivity (Wildman–Crippen MR) is 96.1 cm³/mol. The van der Waals surface area contributed by atoms with Crippen molar-refractivity contribution >= 4 is 49.9 Å². The number of hydrogen-bond acceptors (Lipinski definition) is 2. The molecule has 4 heteroatoms. The monoisotopic (exact) mass is 449 g/mol. The Balaban J connectivity index is 2.39. The van der Waals surface area contributed by atoms with E-state index in [0.717, 1.165) is 13.0 Å². The highest BCUT2D eigenvalue weighted by atomic mass is 127. The number of hydrogen-bond donors (Lipinski definition) is 1. The van der Waals surface area contributed by atoms with Crippen LogP contribution in [0.3, 0.4) is 0 Å². The van der Waals surface area contributed by atoms with Crippen LogP contribution in [0, 0.1) is 10.5 Å². The molecule has 0 bridgehead atoms. The summed E-state index contributed by atoms with van der Waals surface area (Å²) in [5, 5.41) is 3.67. The summed E-state index contributed by atoms with van der Waals surface area (Å²) in [4.78, 5) is 1.36. The van der Waals surface area contributed by atoms with E-state index in [9.17, 15) is 0 Å². The third kappa shape index (κ3) is 3.80. The minimum Gasteiger partial charge on any atom is -0.306 e. The summed E-state index contributed by atoms with van der Waals surface area (Å²) < 4.78 is 2.55. The zero-order valence-electron chi connectivity index (χ0n) is 11.0. The molecule has 0 aliphatic carbocycles. The molecule has 0 amide bonds. The molecule has 0 aliphatic heterocycles. The van der Waals surface area contributed by atoms with Crippen LogP contribution in [0.25, 0.3) is 0 Å². The summed E-state index contributed by atoms with van der Waals surface area (Å²) in [6.07, 6.45) is 1.14. The molecule has 0 radical (unpaired) electrons. The molecule has 1 aromatic heterocycles. The van der Waals surface area contributed by atoms with Crippen molar-refractivity contribution in [1.82, 2.24) is 5.32 Å². The lowest BCUT2D eigenvalue weighted by Gasteiger charge is -2.20. The second-order valence-electron chi connectivity index (χ2n) is 4.51. The molecule has 1 nitrogen and oxygen atoms in total. The first kappa shape index (κ1) is 15.5. The van der Waals surface area contributed by atoms with E-state index in [1.165, 1.54) is 23.4 Å². The fraction of sp³-hybridized carbons (Fsp3) is 0.333. The Kier molecular flexibility index (Phi) is 5.87. The summed E-state index contributed by atoms with van der Waals surface area (Å²) in [7, 11) is 0. The van der Waals surface area contributed by atoms with Crippen LogP contribution < -0.4 is 5.32 Å². The molecule has 2 rings (SSSR count). The maximum absolute atomic E-state index is 3.67. The van der Waals surface area contributed by atoms with Gasteiger partial charge in [0.05, 0.1) is 9.83 Å². The first-order valence-corrected chi connectivity index (χ1v) is 9.06. The number of halogens is 2. The van der Waals surface area contributed by atoms with E-state index in [-0.39, 0.29) is 0 Å². The van der Waals surface area contributed by atoms with Gasteiger partial charge < -0.3 is 5.32 Å². The fourth-order valence-electron chi connectivity index (χ4n) is 2.03. The maximum Gasteiger partial charge on any atom is 0.0702 e. The highest BCUT2D eigenvalue weighted by molar-refractivity contribution is 14.1. The lowest BCUT2D eigenvalue weighted by molar-refractivity contribution is 0.603. The van der Waals surface area contributed by atoms with Crippen molar-refractivity contribution in [3.63, 3.8) is 0 Å². The van der Waals surface area contributed by atoms with Gasteiger partial charge in [-0.05, 0) is 81.7 Å². The lowest BCUT2D eigenvalue weighted by atomic mass is 10.0. The molecule has 0 spiro atoms. The number of aryl methyl sites for hydroxylation is 1. The molecule has 102 valence electrons. The summed E-state index contributed by atoms with van der Waals surface area (Å²) in [6, 6.07) is 11.2. The second-order valence-corrected chi connectivity index (χ2v) is 8.08. The number of rotatable bonds is 5. The van der Waals surface area contributed by atoms with Gasteiger partial charge in [-0.1, -0.05) is 25.1 Å². The van der Waals surface area contributed by atoms with Crippen molar-refractivity contribution < 1.29 is 0 Å². The van der Waals surface area contributed by atoms with Crippen molar-refractivity contribution in [3.8, 4) is 0 Å². The van der Waals surface area contributed by atoms with E-state index in [4.69, 9.17) is 0 Å². The molecule has 0 aliphatic rings. The zero-order chi connectivity index (χ0) is 13.8. The van der Waals surface area contributed by atoms with Gasteiger partial charge in [0.2, 0.25) is 0 Å². The van der Waals surface area contributed by atoms with Crippen molar-refractivity contribution in [1.29, 1.82) is 0 Å². The average Bonchev–Trinajstić information content (AvgIpc) is 2.81. The largest absolute Gasteiger partial charge is 0.306 e. The van der Waals surface area contributed by atoms with Gasteiger partial charge in [-0.3, -0.25) is 0 Å². The first-order chi connectivity index (χ1) is 9.13. The van der Waals surface area contributed by atoms with Gasteiger partial charge in [0, 0.05) is 8.45 Å². The van der Waals surface area contributed by atoms with Gasteiger partial charge in [-0.15, -0.1) is 11.3 Å². The Labute approximate surface area is 141 Å². The van der Waals surface area contributed by atoms with Crippen LogP contribution in [0.5, 0.6) is 0 Å². The van der Waals surface area contributed by atoms with Crippen molar-refractivity contribution in [3.05, 3.63) is 53.7 Å². The molecule has 19 heavy (non-hydrogen) atoms. The minimum absolute atomic E-state index is 0.294. The number of nitrogens with one attached hydrogen (secondary N) is 1. The van der Waals surface area contributed by atoms with Crippen LogP contribution in [0.15, 0.2) is 34.1 Å². The Bertz CT molecular complexity index is 553. The van der Waals surface area contributed by atoms with E-state index in [0.29, 0.717) is 6.04 Å². The molecule has 2 aromatic rings. The summed E-state index contributed by atoms with van der Waals surface area (Å²) >= 11 is 7.83. The molecule has 0 saturated carbocycles. The first-order valence-electron chi connectivity index (χ1n) is 6.37. The fourth-order valence-corrected chi connectivity index (χ4v) is 4.22. The van der Waals surface area contributed by atoms with Crippen LogP contribution in [0.1, 0.15) is 35.4 Å². The molecule has 1 heterocycles. The molecular weight excluding hydrogens is 433 g/mol. The van der Waals surface area contributed by atoms with Crippen LogP contribution >= 0.6 is 49.9 Å². The van der Waals surface area contributed by atoms with Crippen LogP contribution in [0.4, 0.5) is 0 Å². The van der Waals surface area contributed by atoms with E-state index < -0.39 is 0 Å². The zero-order valence-corrected chi connectivity index (χ0v) is 15.6. The van der Waals surface area contributed by atoms with Gasteiger partial charge in [-0.2, -0.15) is 0 Å². The summed E-state index contributed by atoms with van der Waals surface area (Å²) in [6.45, 7) is 5.41. The maximum atomic E-state index is 3.67. The average molecular weight is 450 g/mol. The molecule has 1 unspecified atom stereocenters. The van der Waals surface area contributed by atoms with Gasteiger partial charge in [0.15, 0.2) is 0 Å². The summed E-state index contributed by atoms with van der Waals surface area (Å²) in [5.74, 6) is 0. The predicted octanol–water partition coefficient (Wildman–Crippen LogP) is 5.51. The Morgan fingerprint density at radius 2 is 2.11 bits per heavy atom. The third-order valence-electron chi connectivity index (χ3n) is 3.01. The van der Waals surface area contributed by atoms with Gasteiger partial charge in [0.25, 0.3) is 0 Å².